The molecular formula is C20H26N4O3. The van der Waals surface area contributed by atoms with Crippen LogP contribution in [-0.2, 0) is 22.7 Å². The zero-order valence-corrected chi connectivity index (χ0v) is 15.6. The summed E-state index contributed by atoms with van der Waals surface area (Å²) in [5.74, 6) is -0.116. The third-order valence-corrected chi connectivity index (χ3v) is 6.10. The van der Waals surface area contributed by atoms with Crippen LogP contribution in [0.5, 0.6) is 0 Å². The first-order chi connectivity index (χ1) is 13.1. The average Bonchev–Trinajstić information content (AvgIpc) is 3.25. The maximum Gasteiger partial charge on any atom is 0.255 e. The lowest BCUT2D eigenvalue weighted by atomic mass is 9.99. The maximum atomic E-state index is 12.9. The van der Waals surface area contributed by atoms with E-state index in [0.29, 0.717) is 37.0 Å². The fourth-order valence-corrected chi connectivity index (χ4v) is 4.46. The van der Waals surface area contributed by atoms with Crippen LogP contribution in [-0.4, -0.2) is 47.8 Å². The SMILES string of the molecule is CC[C@@H]1CNC[C@@H]1NCc1cccc2c1CN(C1CCC(=O)NC1=O)C2=O. The highest BCUT2D eigenvalue weighted by Gasteiger charge is 2.39. The van der Waals surface area contributed by atoms with Gasteiger partial charge in [0.25, 0.3) is 5.91 Å². The van der Waals surface area contributed by atoms with Gasteiger partial charge in [-0.3, -0.25) is 19.7 Å². The van der Waals surface area contributed by atoms with E-state index in [1.165, 1.54) is 0 Å². The summed E-state index contributed by atoms with van der Waals surface area (Å²) in [7, 11) is 0. The minimum atomic E-state index is -0.563. The summed E-state index contributed by atoms with van der Waals surface area (Å²) in [5.41, 5.74) is 2.78. The number of rotatable bonds is 5. The number of hydrogen-bond acceptors (Lipinski definition) is 5. The van der Waals surface area contributed by atoms with Crippen LogP contribution in [0.25, 0.3) is 0 Å². The van der Waals surface area contributed by atoms with Crippen molar-refractivity contribution >= 4 is 17.7 Å². The van der Waals surface area contributed by atoms with Crippen molar-refractivity contribution in [2.75, 3.05) is 13.1 Å². The fourth-order valence-electron chi connectivity index (χ4n) is 4.46. The lowest BCUT2D eigenvalue weighted by Crippen LogP contribution is -2.52. The highest BCUT2D eigenvalue weighted by molar-refractivity contribution is 6.05. The number of piperidine rings is 1. The van der Waals surface area contributed by atoms with Gasteiger partial charge in [-0.15, -0.1) is 0 Å². The van der Waals surface area contributed by atoms with Crippen molar-refractivity contribution < 1.29 is 14.4 Å². The Kier molecular flexibility index (Phi) is 4.97. The van der Waals surface area contributed by atoms with E-state index in [4.69, 9.17) is 0 Å². The molecule has 144 valence electrons. The molecule has 3 aliphatic rings. The molecule has 3 atom stereocenters. The van der Waals surface area contributed by atoms with Gasteiger partial charge in [-0.1, -0.05) is 25.5 Å². The van der Waals surface area contributed by atoms with Crippen LogP contribution in [0, 0.1) is 5.92 Å². The van der Waals surface area contributed by atoms with Gasteiger partial charge in [-0.25, -0.2) is 0 Å². The molecular weight excluding hydrogens is 344 g/mol. The lowest BCUT2D eigenvalue weighted by molar-refractivity contribution is -0.136. The number of benzene rings is 1. The number of nitrogens with zero attached hydrogens (tertiary/aromatic N) is 1. The molecule has 27 heavy (non-hydrogen) atoms. The van der Waals surface area contributed by atoms with Crippen LogP contribution in [0.1, 0.15) is 47.7 Å². The van der Waals surface area contributed by atoms with Crippen LogP contribution >= 0.6 is 0 Å². The van der Waals surface area contributed by atoms with Crippen LogP contribution < -0.4 is 16.0 Å². The van der Waals surface area contributed by atoms with E-state index in [0.717, 1.165) is 30.6 Å². The molecule has 0 bridgehead atoms. The molecule has 3 N–H and O–H groups in total. The summed E-state index contributed by atoms with van der Waals surface area (Å²) in [6, 6.07) is 5.67. The Balaban J connectivity index is 1.49. The molecule has 3 aliphatic heterocycles. The van der Waals surface area contributed by atoms with Gasteiger partial charge >= 0.3 is 0 Å². The largest absolute Gasteiger partial charge is 0.322 e. The molecule has 1 aromatic rings. The molecule has 0 radical (unpaired) electrons. The van der Waals surface area contributed by atoms with Crippen LogP contribution in [0.3, 0.4) is 0 Å². The normalized spacial score (nSPS) is 27.8. The Morgan fingerprint density at radius 1 is 1.22 bits per heavy atom. The maximum absolute atomic E-state index is 12.9. The van der Waals surface area contributed by atoms with Crippen molar-refractivity contribution in [1.29, 1.82) is 0 Å². The van der Waals surface area contributed by atoms with E-state index in [2.05, 4.69) is 28.9 Å². The van der Waals surface area contributed by atoms with Crippen molar-refractivity contribution in [3.05, 3.63) is 34.9 Å². The highest BCUT2D eigenvalue weighted by Crippen LogP contribution is 2.30. The van der Waals surface area contributed by atoms with Gasteiger partial charge in [-0.2, -0.15) is 0 Å². The Hall–Kier alpha value is -2.25. The zero-order valence-electron chi connectivity index (χ0n) is 15.6. The van der Waals surface area contributed by atoms with Crippen molar-refractivity contribution in [3.8, 4) is 0 Å². The molecule has 1 aromatic carbocycles. The van der Waals surface area contributed by atoms with Crippen LogP contribution in [0.2, 0.25) is 0 Å². The molecule has 2 fully saturated rings. The van der Waals surface area contributed by atoms with Gasteiger partial charge in [0.2, 0.25) is 11.8 Å². The number of nitrogens with one attached hydrogen (secondary N) is 3. The zero-order chi connectivity index (χ0) is 19.0. The molecule has 4 rings (SSSR count). The van der Waals surface area contributed by atoms with Crippen molar-refractivity contribution in [2.24, 2.45) is 5.92 Å². The summed E-state index contributed by atoms with van der Waals surface area (Å²) in [6.45, 7) is 5.36. The predicted octanol–water partition coefficient (Wildman–Crippen LogP) is 0.535. The number of hydrogen-bond donors (Lipinski definition) is 3. The third-order valence-electron chi connectivity index (χ3n) is 6.10. The molecule has 0 aromatic heterocycles. The van der Waals surface area contributed by atoms with E-state index in [1.807, 2.05) is 12.1 Å². The van der Waals surface area contributed by atoms with Gasteiger partial charge in [0.15, 0.2) is 0 Å². The second kappa shape index (κ2) is 7.40. The third kappa shape index (κ3) is 3.37. The smallest absolute Gasteiger partial charge is 0.255 e. The lowest BCUT2D eigenvalue weighted by Gasteiger charge is -2.29. The number of carbonyl (C=O) groups is 3. The van der Waals surface area contributed by atoms with Gasteiger partial charge < -0.3 is 15.5 Å². The molecule has 7 nitrogen and oxygen atoms in total. The van der Waals surface area contributed by atoms with E-state index in [1.54, 1.807) is 4.90 Å². The Morgan fingerprint density at radius 2 is 2.07 bits per heavy atom. The van der Waals surface area contributed by atoms with Crippen molar-refractivity contribution in [3.63, 3.8) is 0 Å². The van der Waals surface area contributed by atoms with E-state index in [9.17, 15) is 14.4 Å². The second-order valence-electron chi connectivity index (χ2n) is 7.66. The first-order valence-electron chi connectivity index (χ1n) is 9.78. The predicted molar refractivity (Wildman–Crippen MR) is 99.8 cm³/mol. The van der Waals surface area contributed by atoms with Gasteiger partial charge in [-0.05, 0) is 36.1 Å². The molecule has 2 saturated heterocycles. The highest BCUT2D eigenvalue weighted by atomic mass is 16.2. The Bertz CT molecular complexity index is 778. The summed E-state index contributed by atoms with van der Waals surface area (Å²) in [4.78, 5) is 38.1. The van der Waals surface area contributed by atoms with Gasteiger partial charge in [0.1, 0.15) is 6.04 Å². The van der Waals surface area contributed by atoms with Gasteiger partial charge in [0.05, 0.1) is 0 Å². The summed E-state index contributed by atoms with van der Waals surface area (Å²) >= 11 is 0. The van der Waals surface area contributed by atoms with Crippen molar-refractivity contribution in [2.45, 2.75) is 51.4 Å². The number of amides is 3. The fraction of sp³-hybridized carbons (Fsp3) is 0.550. The van der Waals surface area contributed by atoms with Gasteiger partial charge in [0, 0.05) is 37.7 Å². The van der Waals surface area contributed by atoms with E-state index >= 15 is 0 Å². The monoisotopic (exact) mass is 370 g/mol. The summed E-state index contributed by atoms with van der Waals surface area (Å²) in [5, 5.41) is 9.42. The Morgan fingerprint density at radius 3 is 2.85 bits per heavy atom. The first-order valence-corrected chi connectivity index (χ1v) is 9.78. The molecule has 7 heteroatoms. The van der Waals surface area contributed by atoms with E-state index in [-0.39, 0.29) is 24.1 Å². The second-order valence-corrected chi connectivity index (χ2v) is 7.66. The quantitative estimate of drug-likeness (QED) is 0.658. The molecule has 3 heterocycles. The minimum Gasteiger partial charge on any atom is -0.322 e. The number of fused-ring (bicyclic) bond motifs is 1. The van der Waals surface area contributed by atoms with Crippen LogP contribution in [0.4, 0.5) is 0 Å². The topological polar surface area (TPSA) is 90.5 Å². The van der Waals surface area contributed by atoms with Crippen LogP contribution in [0.15, 0.2) is 18.2 Å². The Labute approximate surface area is 158 Å². The molecule has 3 amide bonds. The summed E-state index contributed by atoms with van der Waals surface area (Å²) in [6.07, 6.45) is 1.81. The van der Waals surface area contributed by atoms with Crippen molar-refractivity contribution in [1.82, 2.24) is 20.9 Å². The molecule has 0 spiro atoms. The summed E-state index contributed by atoms with van der Waals surface area (Å²) < 4.78 is 0. The molecule has 1 unspecified atom stereocenters. The first kappa shape index (κ1) is 18.1. The molecule has 0 aliphatic carbocycles. The minimum absolute atomic E-state index is 0.115. The van der Waals surface area contributed by atoms with E-state index < -0.39 is 6.04 Å². The number of imide groups is 1. The average molecular weight is 370 g/mol. The standard InChI is InChI=1S/C20H26N4O3/c1-2-12-8-21-10-16(12)22-9-13-4-3-5-14-15(13)11-24(20(14)27)17-6-7-18(25)23-19(17)26/h3-5,12,16-17,21-22H,2,6-11H2,1H3,(H,23,25,26)/t12-,16+,17?/m1/s1. The number of carbonyl (C=O) groups excluding carboxylic acids is 3. The molecule has 0 saturated carbocycles.